The molecule has 1 saturated heterocycles. The van der Waals surface area contributed by atoms with Crippen LogP contribution in [0, 0.1) is 11.7 Å². The van der Waals surface area contributed by atoms with Crippen LogP contribution in [0.5, 0.6) is 0 Å². The van der Waals surface area contributed by atoms with Crippen molar-refractivity contribution < 1.29 is 9.18 Å². The number of aliphatic imine (C=N–C) groups is 1. The smallest absolute Gasteiger partial charge is 0.278 e. The van der Waals surface area contributed by atoms with Crippen LogP contribution in [0.3, 0.4) is 0 Å². The van der Waals surface area contributed by atoms with Crippen LogP contribution in [0.15, 0.2) is 53.5 Å². The average Bonchev–Trinajstić information content (AvgIpc) is 2.91. The largest absolute Gasteiger partial charge is 0.293 e. The maximum Gasteiger partial charge on any atom is 0.278 e. The number of carbonyl (C=O) groups excluding carboxylic acids is 1. The summed E-state index contributed by atoms with van der Waals surface area (Å²) < 4.78 is 13.1. The molecule has 4 nitrogen and oxygen atoms in total. The van der Waals surface area contributed by atoms with Gasteiger partial charge in [-0.25, -0.2) is 9.38 Å². The Kier molecular flexibility index (Phi) is 4.55. The Morgan fingerprint density at radius 2 is 1.77 bits per heavy atom. The highest BCUT2D eigenvalue weighted by molar-refractivity contribution is 6.54. The normalized spacial score (nSPS) is 20.0. The summed E-state index contributed by atoms with van der Waals surface area (Å²) in [5.41, 5.74) is 2.75. The third-order valence-corrected chi connectivity index (χ3v) is 5.18. The van der Waals surface area contributed by atoms with Gasteiger partial charge in [-0.15, -0.1) is 0 Å². The molecule has 2 aliphatic heterocycles. The highest BCUT2D eigenvalue weighted by Gasteiger charge is 2.35. The minimum absolute atomic E-state index is 0.0888. The lowest BCUT2D eigenvalue weighted by Crippen LogP contribution is -2.44. The van der Waals surface area contributed by atoms with Gasteiger partial charge in [0.05, 0.1) is 18.0 Å². The lowest BCUT2D eigenvalue weighted by molar-refractivity contribution is -0.112. The van der Waals surface area contributed by atoms with Crippen LogP contribution >= 0.6 is 0 Å². The Morgan fingerprint density at radius 3 is 2.50 bits per heavy atom. The summed E-state index contributed by atoms with van der Waals surface area (Å²) in [4.78, 5) is 21.7. The van der Waals surface area contributed by atoms with E-state index in [0.29, 0.717) is 18.1 Å². The van der Waals surface area contributed by atoms with Gasteiger partial charge in [0, 0.05) is 18.7 Å². The van der Waals surface area contributed by atoms with E-state index in [2.05, 4.69) is 16.8 Å². The zero-order valence-corrected chi connectivity index (χ0v) is 14.9. The molecule has 5 heteroatoms. The molecule has 0 saturated carbocycles. The molecule has 0 N–H and O–H groups in total. The van der Waals surface area contributed by atoms with E-state index in [0.717, 1.165) is 30.3 Å². The first-order valence-corrected chi connectivity index (χ1v) is 9.10. The molecule has 0 radical (unpaired) electrons. The molecule has 1 fully saturated rings. The fourth-order valence-corrected chi connectivity index (χ4v) is 3.56. The van der Waals surface area contributed by atoms with Gasteiger partial charge in [-0.3, -0.25) is 14.6 Å². The number of halogens is 1. The Labute approximate surface area is 153 Å². The third kappa shape index (κ3) is 3.27. The van der Waals surface area contributed by atoms with Crippen LogP contribution in [-0.2, 0) is 4.79 Å². The summed E-state index contributed by atoms with van der Waals surface area (Å²) in [5, 5.41) is 0. The van der Waals surface area contributed by atoms with Crippen LogP contribution in [0.2, 0.25) is 0 Å². The highest BCUT2D eigenvalue weighted by atomic mass is 19.1. The standard InChI is InChI=1S/C21H22FN3O/c1-15-10-12-24(13-11-15)14-25-19-5-3-2-4-18(19)20(21(25)26)23-17-8-6-16(22)7-9-17/h2-9,15H,10-14H2,1H3. The van der Waals surface area contributed by atoms with Crippen molar-refractivity contribution in [3.8, 4) is 0 Å². The molecule has 2 aromatic carbocycles. The molecular formula is C21H22FN3O. The first-order valence-electron chi connectivity index (χ1n) is 9.10. The number of hydrogen-bond acceptors (Lipinski definition) is 3. The number of piperidine rings is 1. The molecule has 0 spiro atoms. The molecule has 2 aliphatic rings. The predicted octanol–water partition coefficient (Wildman–Crippen LogP) is 3.98. The van der Waals surface area contributed by atoms with Crippen molar-refractivity contribution in [2.75, 3.05) is 24.7 Å². The quantitative estimate of drug-likeness (QED) is 0.838. The second-order valence-electron chi connectivity index (χ2n) is 7.13. The van der Waals surface area contributed by atoms with Crippen LogP contribution in [0.25, 0.3) is 0 Å². The Bertz CT molecular complexity index is 839. The highest BCUT2D eigenvalue weighted by Crippen LogP contribution is 2.31. The lowest BCUT2D eigenvalue weighted by atomic mass is 10.00. The van der Waals surface area contributed by atoms with Gasteiger partial charge < -0.3 is 0 Å². The number of hydrogen-bond donors (Lipinski definition) is 0. The van der Waals surface area contributed by atoms with E-state index < -0.39 is 0 Å². The first kappa shape index (κ1) is 16.9. The molecule has 4 rings (SSSR count). The minimum atomic E-state index is -0.312. The lowest BCUT2D eigenvalue weighted by Gasteiger charge is -2.33. The fourth-order valence-electron chi connectivity index (χ4n) is 3.56. The van der Waals surface area contributed by atoms with Crippen LogP contribution in [0.4, 0.5) is 15.8 Å². The molecule has 2 aromatic rings. The Morgan fingerprint density at radius 1 is 1.08 bits per heavy atom. The molecule has 26 heavy (non-hydrogen) atoms. The fraction of sp³-hybridized carbons (Fsp3) is 0.333. The van der Waals surface area contributed by atoms with Crippen molar-refractivity contribution in [1.82, 2.24) is 4.90 Å². The van der Waals surface area contributed by atoms with Crippen LogP contribution in [0.1, 0.15) is 25.3 Å². The van der Waals surface area contributed by atoms with E-state index in [1.807, 2.05) is 29.2 Å². The van der Waals surface area contributed by atoms with Crippen molar-refractivity contribution in [3.63, 3.8) is 0 Å². The molecule has 0 bridgehead atoms. The predicted molar refractivity (Wildman–Crippen MR) is 101 cm³/mol. The van der Waals surface area contributed by atoms with E-state index in [4.69, 9.17) is 0 Å². The van der Waals surface area contributed by atoms with Gasteiger partial charge in [-0.05, 0) is 49.1 Å². The molecule has 0 atom stereocenters. The summed E-state index contributed by atoms with van der Waals surface area (Å²) >= 11 is 0. The van der Waals surface area contributed by atoms with Crippen LogP contribution < -0.4 is 4.90 Å². The number of anilines is 1. The molecule has 0 unspecified atom stereocenters. The number of amides is 1. The molecule has 1 amide bonds. The number of fused-ring (bicyclic) bond motifs is 1. The van der Waals surface area contributed by atoms with E-state index in [1.54, 1.807) is 12.1 Å². The monoisotopic (exact) mass is 351 g/mol. The average molecular weight is 351 g/mol. The third-order valence-electron chi connectivity index (χ3n) is 5.18. The molecule has 134 valence electrons. The Hall–Kier alpha value is -2.53. The zero-order chi connectivity index (χ0) is 18.1. The number of rotatable bonds is 3. The van der Waals surface area contributed by atoms with Gasteiger partial charge >= 0.3 is 0 Å². The zero-order valence-electron chi connectivity index (χ0n) is 14.9. The summed E-state index contributed by atoms with van der Waals surface area (Å²) in [7, 11) is 0. The molecule has 0 aliphatic carbocycles. The van der Waals surface area contributed by atoms with Gasteiger partial charge in [0.25, 0.3) is 5.91 Å². The molecular weight excluding hydrogens is 329 g/mol. The first-order chi connectivity index (χ1) is 12.6. The van der Waals surface area contributed by atoms with Gasteiger partial charge in [0.15, 0.2) is 0 Å². The molecule has 2 heterocycles. The summed E-state index contributed by atoms with van der Waals surface area (Å²) in [5.74, 6) is 0.352. The topological polar surface area (TPSA) is 35.9 Å². The number of nitrogens with zero attached hydrogens (tertiary/aromatic N) is 3. The van der Waals surface area contributed by atoms with Gasteiger partial charge in [-0.1, -0.05) is 25.1 Å². The Balaban J connectivity index is 1.63. The van der Waals surface area contributed by atoms with Gasteiger partial charge in [0.2, 0.25) is 0 Å². The van der Waals surface area contributed by atoms with Gasteiger partial charge in [0.1, 0.15) is 11.5 Å². The van der Waals surface area contributed by atoms with Crippen molar-refractivity contribution in [3.05, 3.63) is 59.9 Å². The minimum Gasteiger partial charge on any atom is -0.293 e. The van der Waals surface area contributed by atoms with Crippen molar-refractivity contribution in [2.24, 2.45) is 10.9 Å². The maximum atomic E-state index is 13.1. The maximum absolute atomic E-state index is 13.1. The number of benzene rings is 2. The van der Waals surface area contributed by atoms with E-state index >= 15 is 0 Å². The summed E-state index contributed by atoms with van der Waals surface area (Å²) in [6.07, 6.45) is 2.33. The molecule has 0 aromatic heterocycles. The number of para-hydroxylation sites is 1. The summed E-state index contributed by atoms with van der Waals surface area (Å²) in [6.45, 7) is 4.89. The van der Waals surface area contributed by atoms with E-state index in [9.17, 15) is 9.18 Å². The van der Waals surface area contributed by atoms with Gasteiger partial charge in [-0.2, -0.15) is 0 Å². The van der Waals surface area contributed by atoms with Crippen molar-refractivity contribution in [2.45, 2.75) is 19.8 Å². The second-order valence-corrected chi connectivity index (χ2v) is 7.13. The summed E-state index contributed by atoms with van der Waals surface area (Å²) in [6, 6.07) is 13.6. The van der Waals surface area contributed by atoms with E-state index in [-0.39, 0.29) is 11.7 Å². The van der Waals surface area contributed by atoms with Crippen molar-refractivity contribution >= 4 is 23.0 Å². The SMILES string of the molecule is CC1CCN(CN2C(=O)C(=Nc3ccc(F)cc3)c3ccccc32)CC1. The van der Waals surface area contributed by atoms with Crippen LogP contribution in [-0.4, -0.2) is 36.3 Å². The van der Waals surface area contributed by atoms with Crippen molar-refractivity contribution in [1.29, 1.82) is 0 Å². The second kappa shape index (κ2) is 7.00. The van der Waals surface area contributed by atoms with E-state index in [1.165, 1.54) is 25.0 Å². The number of carbonyl (C=O) groups is 1. The number of likely N-dealkylation sites (tertiary alicyclic amines) is 1.